The molecular weight excluding hydrogens is 322 g/mol. The summed E-state index contributed by atoms with van der Waals surface area (Å²) in [5.74, 6) is 5.94. The molecule has 2 aromatic rings. The number of hydrazine groups is 1. The maximum absolute atomic E-state index is 12.1. The number of nitrogens with two attached hydrogens (primary N) is 1. The van der Waals surface area contributed by atoms with Gasteiger partial charge in [-0.15, -0.1) is 0 Å². The minimum atomic E-state index is -0.500. The average Bonchev–Trinajstić information content (AvgIpc) is 2.55. The Morgan fingerprint density at radius 1 is 1.28 bits per heavy atom. The highest BCUT2D eigenvalue weighted by Crippen LogP contribution is 2.17. The van der Waals surface area contributed by atoms with Crippen LogP contribution in [0.2, 0.25) is 0 Å². The normalized spacial score (nSPS) is 11.1. The van der Waals surface area contributed by atoms with Crippen LogP contribution in [0.15, 0.2) is 40.1 Å². The summed E-state index contributed by atoms with van der Waals surface area (Å²) in [6, 6.07) is 7.60. The number of anilines is 1. The molecule has 0 aliphatic rings. The third-order valence-electron chi connectivity index (χ3n) is 3.84. The smallest absolute Gasteiger partial charge is 0.325 e. The van der Waals surface area contributed by atoms with Crippen LogP contribution in [-0.2, 0) is 18.4 Å². The molecule has 1 amide bonds. The molecule has 1 aromatic heterocycles. The highest BCUT2D eigenvalue weighted by molar-refractivity contribution is 5.92. The van der Waals surface area contributed by atoms with E-state index in [4.69, 9.17) is 5.84 Å². The first-order valence-corrected chi connectivity index (χ1v) is 7.95. The molecule has 1 heterocycles. The van der Waals surface area contributed by atoms with Crippen molar-refractivity contribution < 1.29 is 4.79 Å². The third-order valence-corrected chi connectivity index (χ3v) is 3.84. The second-order valence-electron chi connectivity index (χ2n) is 6.21. The van der Waals surface area contributed by atoms with Gasteiger partial charge in [0.15, 0.2) is 0 Å². The Hall–Kier alpha value is -2.71. The molecule has 0 saturated carbocycles. The number of carbonyl (C=O) groups excluding carboxylic acids is 1. The van der Waals surface area contributed by atoms with Gasteiger partial charge in [0.25, 0.3) is 5.56 Å². The van der Waals surface area contributed by atoms with Crippen molar-refractivity contribution in [2.24, 2.45) is 12.9 Å². The van der Waals surface area contributed by atoms with Crippen molar-refractivity contribution in [1.82, 2.24) is 14.6 Å². The fraction of sp³-hybridized carbons (Fsp3) is 0.353. The molecule has 0 fully saturated rings. The highest BCUT2D eigenvalue weighted by Gasteiger charge is 2.12. The van der Waals surface area contributed by atoms with Crippen LogP contribution in [0.3, 0.4) is 0 Å². The lowest BCUT2D eigenvalue weighted by molar-refractivity contribution is -0.117. The summed E-state index contributed by atoms with van der Waals surface area (Å²) in [4.78, 5) is 37.8. The summed E-state index contributed by atoms with van der Waals surface area (Å²) in [6.45, 7) is 4.15. The van der Waals surface area contributed by atoms with E-state index in [1.165, 1.54) is 23.8 Å². The Labute approximate surface area is 145 Å². The molecule has 0 bridgehead atoms. The van der Waals surface area contributed by atoms with Crippen molar-refractivity contribution in [3.05, 3.63) is 62.4 Å². The average molecular weight is 345 g/mol. The van der Waals surface area contributed by atoms with Gasteiger partial charge >= 0.3 is 5.69 Å². The van der Waals surface area contributed by atoms with Gasteiger partial charge in [-0.2, -0.15) is 0 Å². The van der Waals surface area contributed by atoms with E-state index in [1.807, 2.05) is 24.3 Å². The van der Waals surface area contributed by atoms with Crippen LogP contribution in [0.5, 0.6) is 0 Å². The van der Waals surface area contributed by atoms with E-state index in [2.05, 4.69) is 24.1 Å². The number of carbonyl (C=O) groups is 1. The predicted molar refractivity (Wildman–Crippen MR) is 96.1 cm³/mol. The van der Waals surface area contributed by atoms with Gasteiger partial charge in [0.2, 0.25) is 5.91 Å². The Bertz CT molecular complexity index is 852. The lowest BCUT2D eigenvalue weighted by Crippen LogP contribution is -2.41. The Balaban J connectivity index is 1.95. The second-order valence-corrected chi connectivity index (χ2v) is 6.21. The zero-order valence-electron chi connectivity index (χ0n) is 14.6. The summed E-state index contributed by atoms with van der Waals surface area (Å²) in [6.07, 6.45) is 1.31. The maximum Gasteiger partial charge on any atom is 0.328 e. The quantitative estimate of drug-likeness (QED) is 0.521. The standard InChI is InChI=1S/C17H23N5O3/c1-11(2)12-4-6-14(7-5-12)20-15(23)10-22(18)9-13-8-19-17(25)21(3)16(13)24/h4-8,11H,9-10,18H2,1-3H3,(H,19,25)(H,20,23). The highest BCUT2D eigenvalue weighted by atomic mass is 16.2. The van der Waals surface area contributed by atoms with Gasteiger partial charge < -0.3 is 10.3 Å². The molecule has 0 saturated heterocycles. The molecular formula is C17H23N5O3. The third kappa shape index (κ3) is 4.88. The van der Waals surface area contributed by atoms with E-state index in [0.717, 1.165) is 4.57 Å². The number of nitrogens with zero attached hydrogens (tertiary/aromatic N) is 2. The van der Waals surface area contributed by atoms with E-state index in [0.29, 0.717) is 17.2 Å². The Morgan fingerprint density at radius 2 is 1.92 bits per heavy atom. The van der Waals surface area contributed by atoms with Gasteiger partial charge in [-0.1, -0.05) is 26.0 Å². The van der Waals surface area contributed by atoms with Crippen LogP contribution in [0.1, 0.15) is 30.9 Å². The predicted octanol–water partition coefficient (Wildman–Crippen LogP) is 0.511. The van der Waals surface area contributed by atoms with Crippen molar-refractivity contribution >= 4 is 11.6 Å². The van der Waals surface area contributed by atoms with Gasteiger partial charge in [0.05, 0.1) is 6.54 Å². The summed E-state index contributed by atoms with van der Waals surface area (Å²) in [7, 11) is 1.37. The van der Waals surface area contributed by atoms with Gasteiger partial charge in [-0.25, -0.2) is 9.80 Å². The molecule has 0 aliphatic carbocycles. The molecule has 134 valence electrons. The molecule has 2 rings (SSSR count). The number of aromatic nitrogens is 2. The lowest BCUT2D eigenvalue weighted by Gasteiger charge is -2.16. The van der Waals surface area contributed by atoms with Crippen LogP contribution in [-0.4, -0.2) is 27.0 Å². The van der Waals surface area contributed by atoms with Gasteiger partial charge in [-0.3, -0.25) is 20.0 Å². The van der Waals surface area contributed by atoms with E-state index in [-0.39, 0.29) is 19.0 Å². The van der Waals surface area contributed by atoms with E-state index >= 15 is 0 Å². The Kier molecular flexibility index (Phi) is 5.89. The summed E-state index contributed by atoms with van der Waals surface area (Å²) >= 11 is 0. The first-order valence-electron chi connectivity index (χ1n) is 7.95. The lowest BCUT2D eigenvalue weighted by atomic mass is 10.0. The first-order chi connectivity index (χ1) is 11.8. The van der Waals surface area contributed by atoms with Crippen molar-refractivity contribution in [3.63, 3.8) is 0 Å². The van der Waals surface area contributed by atoms with Crippen molar-refractivity contribution in [1.29, 1.82) is 0 Å². The summed E-state index contributed by atoms with van der Waals surface area (Å²) in [5.41, 5.74) is 1.23. The van der Waals surface area contributed by atoms with Crippen molar-refractivity contribution in [2.45, 2.75) is 26.3 Å². The van der Waals surface area contributed by atoms with E-state index in [9.17, 15) is 14.4 Å². The fourth-order valence-corrected chi connectivity index (χ4v) is 2.34. The SMILES string of the molecule is CC(C)c1ccc(NC(=O)CN(N)Cc2c[nH]c(=O)n(C)c2=O)cc1. The molecule has 0 atom stereocenters. The molecule has 1 aromatic carbocycles. The molecule has 0 aliphatic heterocycles. The number of nitrogens with one attached hydrogen (secondary N) is 2. The minimum Gasteiger partial charge on any atom is -0.325 e. The van der Waals surface area contributed by atoms with Gasteiger partial charge in [0.1, 0.15) is 0 Å². The summed E-state index contributed by atoms with van der Waals surface area (Å²) in [5, 5.41) is 3.97. The number of aromatic amines is 1. The van der Waals surface area contributed by atoms with Crippen LogP contribution < -0.4 is 22.4 Å². The monoisotopic (exact) mass is 345 g/mol. The zero-order chi connectivity index (χ0) is 18.6. The minimum absolute atomic E-state index is 0.0448. The van der Waals surface area contributed by atoms with Crippen molar-refractivity contribution in [3.8, 4) is 0 Å². The number of benzene rings is 1. The van der Waals surface area contributed by atoms with Crippen LogP contribution in [0.4, 0.5) is 5.69 Å². The zero-order valence-corrected chi connectivity index (χ0v) is 14.6. The molecule has 4 N–H and O–H groups in total. The number of amides is 1. The molecule has 8 nitrogen and oxygen atoms in total. The molecule has 0 unspecified atom stereocenters. The van der Waals surface area contributed by atoms with Gasteiger partial charge in [-0.05, 0) is 23.6 Å². The summed E-state index contributed by atoms with van der Waals surface area (Å²) < 4.78 is 0.958. The number of hydrogen-bond donors (Lipinski definition) is 3. The second kappa shape index (κ2) is 7.91. The molecule has 0 spiro atoms. The van der Waals surface area contributed by atoms with Crippen LogP contribution in [0, 0.1) is 0 Å². The number of H-pyrrole nitrogens is 1. The number of rotatable bonds is 6. The van der Waals surface area contributed by atoms with Crippen LogP contribution in [0.25, 0.3) is 0 Å². The Morgan fingerprint density at radius 3 is 2.52 bits per heavy atom. The largest absolute Gasteiger partial charge is 0.328 e. The first kappa shape index (κ1) is 18.6. The number of hydrogen-bond acceptors (Lipinski definition) is 5. The van der Waals surface area contributed by atoms with Gasteiger partial charge in [0, 0.05) is 31.0 Å². The van der Waals surface area contributed by atoms with E-state index < -0.39 is 11.2 Å². The molecule has 25 heavy (non-hydrogen) atoms. The topological polar surface area (TPSA) is 113 Å². The van der Waals surface area contributed by atoms with E-state index in [1.54, 1.807) is 0 Å². The fourth-order valence-electron chi connectivity index (χ4n) is 2.34. The van der Waals surface area contributed by atoms with Crippen LogP contribution >= 0.6 is 0 Å². The molecule has 8 heteroatoms. The molecule has 0 radical (unpaired) electrons. The maximum atomic E-state index is 12.1. The van der Waals surface area contributed by atoms with Crippen molar-refractivity contribution in [2.75, 3.05) is 11.9 Å².